The van der Waals surface area contributed by atoms with Crippen LogP contribution in [0, 0.1) is 0 Å². The van der Waals surface area contributed by atoms with Gasteiger partial charge in [0.05, 0.1) is 0 Å². The van der Waals surface area contributed by atoms with E-state index >= 15 is 0 Å². The van der Waals surface area contributed by atoms with E-state index in [9.17, 15) is 0 Å². The molecule has 1 nitrogen and oxygen atoms in total. The molecule has 0 spiro atoms. The second-order valence-electron chi connectivity index (χ2n) is 0.0431. The Bertz CT molecular complexity index is 9.61. The summed E-state index contributed by atoms with van der Waals surface area (Å²) in [6.07, 6.45) is 0. The summed E-state index contributed by atoms with van der Waals surface area (Å²) >= 11 is 0.757. The molecule has 0 aliphatic heterocycles. The molecule has 0 fully saturated rings. The van der Waals surface area contributed by atoms with E-state index < -0.39 is 0 Å². The summed E-state index contributed by atoms with van der Waals surface area (Å²) in [5, 5.41) is 0. The van der Waals surface area contributed by atoms with Crippen molar-refractivity contribution in [3.05, 3.63) is 0 Å². The van der Waals surface area contributed by atoms with Crippen molar-refractivity contribution in [2.75, 3.05) is 0 Å². The fraction of sp³-hybridized carbons (Fsp3) is 0. The van der Waals surface area contributed by atoms with Gasteiger partial charge in [0.25, 0.3) is 0 Å². The maximum Gasteiger partial charge on any atom is 1.00 e. The van der Waals surface area contributed by atoms with E-state index in [1.807, 2.05) is 0 Å². The second-order valence-corrected chi connectivity index (χ2v) is 1.60. The van der Waals surface area contributed by atoms with Gasteiger partial charge in [-0.05, 0) is 0 Å². The van der Waals surface area contributed by atoms with Crippen LogP contribution in [0.15, 0.2) is 0 Å². The van der Waals surface area contributed by atoms with Gasteiger partial charge in [-0.15, -0.1) is 0 Å². The van der Waals surface area contributed by atoms with Crippen molar-refractivity contribution in [2.24, 2.45) is 0 Å². The summed E-state index contributed by atoms with van der Waals surface area (Å²) < 4.78 is 0. The minimum atomic E-state index is 0. The molecule has 0 amide bonds. The van der Waals surface area contributed by atoms with Crippen molar-refractivity contribution in [3.63, 3.8) is 0 Å². The Morgan fingerprint density at radius 3 is 1.20 bits per heavy atom. The quantitative estimate of drug-likeness (QED) is 0.399. The number of halogens is 2. The molecule has 5 heteroatoms. The van der Waals surface area contributed by atoms with Crippen LogP contribution in [0.4, 0.5) is 0 Å². The third-order valence-corrected chi connectivity index (χ3v) is 0. The zero-order valence-corrected chi connectivity index (χ0v) is 6.96. The number of rotatable bonds is 0. The Kier molecular flexibility index (Phi) is 52.1. The minimum absolute atomic E-state index is 0. The van der Waals surface area contributed by atoms with E-state index in [0.717, 1.165) is 13.1 Å². The number of hydrogen-bond acceptors (Lipinski definition) is 1. The van der Waals surface area contributed by atoms with Crippen molar-refractivity contribution in [3.8, 4) is 0 Å². The van der Waals surface area contributed by atoms with E-state index in [0.29, 0.717) is 0 Å². The second kappa shape index (κ2) is 16.6. The molecule has 0 aromatic rings. The molecule has 0 heterocycles. The SMILES string of the molecule is [Cl][Cu][Cl].[Na+].[OH-]. The molecule has 0 atom stereocenters. The van der Waals surface area contributed by atoms with Crippen molar-refractivity contribution in [1.29, 1.82) is 0 Å². The molecular weight excluding hydrogens is 173 g/mol. The molecule has 0 saturated heterocycles. The Morgan fingerprint density at radius 1 is 1.20 bits per heavy atom. The van der Waals surface area contributed by atoms with Gasteiger partial charge in [-0.1, -0.05) is 0 Å². The van der Waals surface area contributed by atoms with Crippen LogP contribution in [0.2, 0.25) is 0 Å². The fourth-order valence-electron chi connectivity index (χ4n) is 0. The van der Waals surface area contributed by atoms with Gasteiger partial charge >= 0.3 is 62.9 Å². The van der Waals surface area contributed by atoms with E-state index in [-0.39, 0.29) is 35.0 Å². The average molecular weight is 174 g/mol. The van der Waals surface area contributed by atoms with E-state index in [1.54, 1.807) is 0 Å². The molecule has 0 rings (SSSR count). The van der Waals surface area contributed by atoms with E-state index in [1.165, 1.54) is 0 Å². The molecule has 0 radical (unpaired) electrons. The third-order valence-electron chi connectivity index (χ3n) is 0. The predicted octanol–water partition coefficient (Wildman–Crippen LogP) is -1.80. The predicted molar refractivity (Wildman–Crippen MR) is 13.6 cm³/mol. The standard InChI is InChI=1S/2ClH.Cu.Na.H2O/h2*1H;;;1H2/q;;+2;+1;/p-3. The normalized spacial score (nSPS) is 4.40. The van der Waals surface area contributed by atoms with Crippen molar-refractivity contribution < 1.29 is 48.2 Å². The third kappa shape index (κ3) is 23.5. The molecule has 0 aliphatic rings. The van der Waals surface area contributed by atoms with Crippen LogP contribution in [-0.4, -0.2) is 5.48 Å². The molecule has 1 N–H and O–H groups in total. The van der Waals surface area contributed by atoms with Crippen molar-refractivity contribution in [2.45, 2.75) is 0 Å². The summed E-state index contributed by atoms with van der Waals surface area (Å²) in [5.41, 5.74) is 0. The first-order valence-corrected chi connectivity index (χ1v) is 2.82. The van der Waals surface area contributed by atoms with Gasteiger partial charge in [0.1, 0.15) is 0 Å². The van der Waals surface area contributed by atoms with E-state index in [4.69, 9.17) is 0 Å². The first kappa shape index (κ1) is 15.7. The van der Waals surface area contributed by atoms with Crippen LogP contribution in [0.1, 0.15) is 0 Å². The zero-order valence-electron chi connectivity index (χ0n) is 2.50. The number of hydrogen-bond donors (Lipinski definition) is 0. The summed E-state index contributed by atoms with van der Waals surface area (Å²) in [6, 6.07) is 0. The van der Waals surface area contributed by atoms with Gasteiger partial charge in [-0.3, -0.25) is 0 Å². The molecular formula is HCl2CuNaO. The van der Waals surface area contributed by atoms with Crippen LogP contribution < -0.4 is 29.6 Å². The summed E-state index contributed by atoms with van der Waals surface area (Å²) in [4.78, 5) is 0. The largest absolute Gasteiger partial charge is 1.00 e. The monoisotopic (exact) mass is 173 g/mol. The van der Waals surface area contributed by atoms with Gasteiger partial charge in [0.2, 0.25) is 0 Å². The minimum Gasteiger partial charge on any atom is -0.870 e. The Labute approximate surface area is 67.6 Å². The first-order chi connectivity index (χ1) is 1.41. The van der Waals surface area contributed by atoms with Crippen LogP contribution in [0.5, 0.6) is 0 Å². The van der Waals surface area contributed by atoms with Crippen molar-refractivity contribution in [1.82, 2.24) is 0 Å². The maximum absolute atomic E-state index is 4.67. The van der Waals surface area contributed by atoms with Gasteiger partial charge in [-0.25, -0.2) is 0 Å². The van der Waals surface area contributed by atoms with Crippen molar-refractivity contribution >= 4 is 20.2 Å². The van der Waals surface area contributed by atoms with Crippen LogP contribution in [-0.2, 0) is 13.1 Å². The summed E-state index contributed by atoms with van der Waals surface area (Å²) in [7, 11) is 9.34. The molecule has 5 heavy (non-hydrogen) atoms. The van der Waals surface area contributed by atoms with Crippen LogP contribution in [0.3, 0.4) is 0 Å². The first-order valence-electron chi connectivity index (χ1n) is 0.228. The molecule has 33 valence electrons. The molecule has 0 unspecified atom stereocenters. The topological polar surface area (TPSA) is 30.0 Å². The van der Waals surface area contributed by atoms with Gasteiger partial charge in [-0.2, -0.15) is 0 Å². The smallest absolute Gasteiger partial charge is 0.870 e. The Balaban J connectivity index is -0.0000000200. The molecule has 0 bridgehead atoms. The van der Waals surface area contributed by atoms with Gasteiger partial charge in [0, 0.05) is 0 Å². The molecule has 0 aromatic heterocycles. The van der Waals surface area contributed by atoms with Crippen LogP contribution >= 0.6 is 20.2 Å². The summed E-state index contributed by atoms with van der Waals surface area (Å²) in [5.74, 6) is 0. The summed E-state index contributed by atoms with van der Waals surface area (Å²) in [6.45, 7) is 0. The van der Waals surface area contributed by atoms with Gasteiger partial charge in [0.15, 0.2) is 0 Å². The molecule has 0 saturated carbocycles. The zero-order chi connectivity index (χ0) is 2.71. The van der Waals surface area contributed by atoms with Crippen LogP contribution in [0.25, 0.3) is 0 Å². The maximum atomic E-state index is 4.67. The molecule has 0 aromatic carbocycles. The van der Waals surface area contributed by atoms with E-state index in [2.05, 4.69) is 20.2 Å². The average Bonchev–Trinajstić information content (AvgIpc) is 0.918. The molecule has 0 aliphatic carbocycles. The Morgan fingerprint density at radius 2 is 1.20 bits per heavy atom. The van der Waals surface area contributed by atoms with Gasteiger partial charge < -0.3 is 5.48 Å². The fourth-order valence-corrected chi connectivity index (χ4v) is 0. The Hall–Kier alpha value is 2.06.